The van der Waals surface area contributed by atoms with Gasteiger partial charge in [0, 0.05) is 39.1 Å². The van der Waals surface area contributed by atoms with Gasteiger partial charge >= 0.3 is 0 Å². The topological polar surface area (TPSA) is 57.2 Å². The average molecular weight is 530 g/mol. The molecule has 0 radical (unpaired) electrons. The van der Waals surface area contributed by atoms with E-state index in [0.29, 0.717) is 13.2 Å². The van der Waals surface area contributed by atoms with Crippen molar-refractivity contribution in [2.24, 2.45) is 4.99 Å². The summed E-state index contributed by atoms with van der Waals surface area (Å²) in [5, 5.41) is 5.47. The molecular weight excluding hydrogens is 499 g/mol. The molecule has 1 amide bonds. The number of carbonyl (C=O) groups excluding carboxylic acids is 1. The Morgan fingerprint density at radius 3 is 2.48 bits per heavy atom. The molecule has 0 bridgehead atoms. The van der Waals surface area contributed by atoms with Crippen LogP contribution in [0.4, 0.5) is 0 Å². The van der Waals surface area contributed by atoms with Crippen LogP contribution in [0.1, 0.15) is 17.4 Å². The molecule has 2 rings (SSSR count). The van der Waals surface area contributed by atoms with E-state index in [1.54, 1.807) is 30.3 Å². The first kappa shape index (κ1) is 25.2. The minimum atomic E-state index is -0.0213. The van der Waals surface area contributed by atoms with Gasteiger partial charge in [0.1, 0.15) is 12.3 Å². The van der Waals surface area contributed by atoms with E-state index in [9.17, 15) is 4.79 Å². The summed E-state index contributed by atoms with van der Waals surface area (Å²) in [6.07, 6.45) is 0.926. The lowest BCUT2D eigenvalue weighted by molar-refractivity contribution is -0.127. The molecule has 0 saturated heterocycles. The molecule has 0 spiro atoms. The Kier molecular flexibility index (Phi) is 11.7. The molecule has 1 aromatic heterocycles. The van der Waals surface area contributed by atoms with E-state index in [1.165, 1.54) is 4.88 Å². The number of nitrogens with zero attached hydrogens (tertiary/aromatic N) is 3. The third-order valence-electron chi connectivity index (χ3n) is 4.11. The summed E-state index contributed by atoms with van der Waals surface area (Å²) in [5.74, 6) is 1.57. The number of likely N-dealkylation sites (N-methyl/N-ethyl adjacent to an activating group) is 1. The fraction of sp³-hybridized carbons (Fsp3) is 0.429. The number of hydrogen-bond acceptors (Lipinski definition) is 4. The smallest absolute Gasteiger partial charge is 0.243 e. The van der Waals surface area contributed by atoms with Gasteiger partial charge in [-0.2, -0.15) is 0 Å². The van der Waals surface area contributed by atoms with Crippen LogP contribution in [0.25, 0.3) is 0 Å². The largest absolute Gasteiger partial charge is 0.494 e. The number of aliphatic imine (C=N–C) groups is 1. The van der Waals surface area contributed by atoms with Crippen molar-refractivity contribution < 1.29 is 9.53 Å². The molecule has 0 aliphatic carbocycles. The van der Waals surface area contributed by atoms with Gasteiger partial charge in [-0.25, -0.2) is 4.99 Å². The number of carbonyl (C=O) groups is 1. The number of thiophene rings is 1. The van der Waals surface area contributed by atoms with E-state index in [1.807, 2.05) is 31.0 Å². The summed E-state index contributed by atoms with van der Waals surface area (Å²) in [5.41, 5.74) is 1.15. The highest BCUT2D eigenvalue weighted by Gasteiger charge is 2.10. The molecule has 0 saturated carbocycles. The number of amides is 1. The van der Waals surface area contributed by atoms with Crippen LogP contribution in [0.15, 0.2) is 46.8 Å². The second-order valence-corrected chi connectivity index (χ2v) is 7.65. The van der Waals surface area contributed by atoms with Gasteiger partial charge in [0.15, 0.2) is 5.96 Å². The van der Waals surface area contributed by atoms with E-state index in [-0.39, 0.29) is 36.4 Å². The predicted molar refractivity (Wildman–Crippen MR) is 132 cm³/mol. The molecule has 2 aromatic rings. The summed E-state index contributed by atoms with van der Waals surface area (Å²) in [6, 6.07) is 12.2. The fourth-order valence-corrected chi connectivity index (χ4v) is 3.26. The van der Waals surface area contributed by atoms with Crippen molar-refractivity contribution in [3.63, 3.8) is 0 Å². The molecule has 0 fully saturated rings. The summed E-state index contributed by atoms with van der Waals surface area (Å²) < 4.78 is 5.50. The number of halogens is 1. The number of hydrogen-bond donors (Lipinski definition) is 1. The van der Waals surface area contributed by atoms with Crippen LogP contribution in [0.3, 0.4) is 0 Å². The van der Waals surface area contributed by atoms with E-state index >= 15 is 0 Å². The third-order valence-corrected chi connectivity index (χ3v) is 5.05. The zero-order chi connectivity index (χ0) is 20.4. The number of rotatable bonds is 9. The third kappa shape index (κ3) is 9.03. The van der Waals surface area contributed by atoms with Crippen molar-refractivity contribution >= 4 is 47.2 Å². The van der Waals surface area contributed by atoms with Crippen LogP contribution in [-0.4, -0.2) is 62.5 Å². The zero-order valence-corrected chi connectivity index (χ0v) is 20.7. The van der Waals surface area contributed by atoms with Crippen LogP contribution < -0.4 is 10.1 Å². The van der Waals surface area contributed by atoms with Crippen molar-refractivity contribution in [3.05, 3.63) is 52.2 Å². The first-order valence-corrected chi connectivity index (χ1v) is 10.3. The Hall–Kier alpha value is -1.81. The highest BCUT2D eigenvalue weighted by atomic mass is 127. The van der Waals surface area contributed by atoms with E-state index < -0.39 is 0 Å². The van der Waals surface area contributed by atoms with E-state index in [4.69, 9.17) is 4.74 Å². The van der Waals surface area contributed by atoms with Crippen LogP contribution in [0.5, 0.6) is 5.75 Å². The van der Waals surface area contributed by atoms with Crippen molar-refractivity contribution in [1.82, 2.24) is 15.1 Å². The maximum atomic E-state index is 11.9. The van der Waals surface area contributed by atoms with Crippen LogP contribution >= 0.6 is 35.3 Å². The van der Waals surface area contributed by atoms with Gasteiger partial charge in [0.2, 0.25) is 5.91 Å². The summed E-state index contributed by atoms with van der Waals surface area (Å²) in [4.78, 5) is 21.4. The Morgan fingerprint density at radius 1 is 1.17 bits per heavy atom. The number of guanidine groups is 1. The molecule has 0 aliphatic heterocycles. The lowest BCUT2D eigenvalue weighted by atomic mass is 10.2. The molecule has 1 N–H and O–H groups in total. The van der Waals surface area contributed by atoms with Crippen molar-refractivity contribution in [2.75, 3.05) is 40.8 Å². The number of benzene rings is 1. The van der Waals surface area contributed by atoms with Crippen molar-refractivity contribution in [3.8, 4) is 5.75 Å². The number of nitrogens with one attached hydrogen (secondary N) is 1. The van der Waals surface area contributed by atoms with Gasteiger partial charge in [0.25, 0.3) is 0 Å². The fourth-order valence-electron chi connectivity index (χ4n) is 2.55. The maximum absolute atomic E-state index is 11.9. The highest BCUT2D eigenvalue weighted by Crippen LogP contribution is 2.13. The van der Waals surface area contributed by atoms with Gasteiger partial charge in [-0.1, -0.05) is 18.2 Å². The SMILES string of the molecule is CCOc1ccc(CN(C)C(=NCC(=O)N(C)C)NCCc2cccs2)cc1.I. The standard InChI is InChI=1S/C21H30N4O2S.HI/c1-5-27-18-10-8-17(9-11-18)16-25(4)21(23-15-20(26)24(2)3)22-13-12-19-7-6-14-28-19;/h6-11,14H,5,12-13,15-16H2,1-4H3,(H,22,23);1H. The van der Waals surface area contributed by atoms with E-state index in [0.717, 1.165) is 30.2 Å². The second kappa shape index (κ2) is 13.4. The first-order chi connectivity index (χ1) is 13.5. The lowest BCUT2D eigenvalue weighted by Gasteiger charge is -2.23. The van der Waals surface area contributed by atoms with Gasteiger partial charge < -0.3 is 19.9 Å². The lowest BCUT2D eigenvalue weighted by Crippen LogP contribution is -2.40. The van der Waals surface area contributed by atoms with Crippen LogP contribution in [0.2, 0.25) is 0 Å². The molecule has 1 heterocycles. The Morgan fingerprint density at radius 2 is 1.90 bits per heavy atom. The van der Waals surface area contributed by atoms with Gasteiger partial charge in [-0.15, -0.1) is 35.3 Å². The minimum Gasteiger partial charge on any atom is -0.494 e. The van der Waals surface area contributed by atoms with Crippen LogP contribution in [-0.2, 0) is 17.8 Å². The van der Waals surface area contributed by atoms with Crippen LogP contribution in [0, 0.1) is 0 Å². The molecule has 1 aromatic carbocycles. The quantitative estimate of drug-likeness (QED) is 0.307. The zero-order valence-electron chi connectivity index (χ0n) is 17.6. The highest BCUT2D eigenvalue weighted by molar-refractivity contribution is 14.0. The first-order valence-electron chi connectivity index (χ1n) is 9.43. The Bertz CT molecular complexity index is 749. The Labute approximate surface area is 195 Å². The molecule has 0 atom stereocenters. The summed E-state index contributed by atoms with van der Waals surface area (Å²) >= 11 is 1.75. The second-order valence-electron chi connectivity index (χ2n) is 6.62. The Balaban J connectivity index is 0.00000420. The molecule has 6 nitrogen and oxygen atoms in total. The maximum Gasteiger partial charge on any atom is 0.243 e. The molecule has 160 valence electrons. The molecular formula is C21H31IN4O2S. The molecule has 29 heavy (non-hydrogen) atoms. The van der Waals surface area contributed by atoms with Gasteiger partial charge in [-0.3, -0.25) is 4.79 Å². The molecule has 0 aliphatic rings. The normalized spacial score (nSPS) is 10.8. The molecule has 0 unspecified atom stereocenters. The minimum absolute atomic E-state index is 0. The summed E-state index contributed by atoms with van der Waals surface area (Å²) in [6.45, 7) is 4.21. The van der Waals surface area contributed by atoms with E-state index in [2.05, 4.69) is 40.0 Å². The van der Waals surface area contributed by atoms with Gasteiger partial charge in [-0.05, 0) is 42.5 Å². The average Bonchev–Trinajstić information content (AvgIpc) is 3.19. The van der Waals surface area contributed by atoms with Crippen molar-refractivity contribution in [2.45, 2.75) is 19.9 Å². The molecule has 8 heteroatoms. The number of ether oxygens (including phenoxy) is 1. The monoisotopic (exact) mass is 530 g/mol. The van der Waals surface area contributed by atoms with Gasteiger partial charge in [0.05, 0.1) is 6.61 Å². The van der Waals surface area contributed by atoms with Crippen molar-refractivity contribution in [1.29, 1.82) is 0 Å². The predicted octanol–water partition coefficient (Wildman–Crippen LogP) is 3.47. The summed E-state index contributed by atoms with van der Waals surface area (Å²) in [7, 11) is 5.46.